The number of carbonyl (C=O) groups excluding carboxylic acids is 1. The molecule has 0 aromatic heterocycles. The van der Waals surface area contributed by atoms with Crippen LogP contribution in [0.1, 0.15) is 49.0 Å². The van der Waals surface area contributed by atoms with Gasteiger partial charge in [-0.05, 0) is 63.9 Å². The predicted octanol–water partition coefficient (Wildman–Crippen LogP) is 2.61. The van der Waals surface area contributed by atoms with Crippen LogP contribution in [0.2, 0.25) is 0 Å². The Hall–Kier alpha value is -1.43. The van der Waals surface area contributed by atoms with Gasteiger partial charge < -0.3 is 9.64 Å². The van der Waals surface area contributed by atoms with Gasteiger partial charge in [0.1, 0.15) is 0 Å². The first-order chi connectivity index (χ1) is 13.1. The molecule has 1 aromatic rings. The Morgan fingerprint density at radius 1 is 1.00 bits per heavy atom. The van der Waals surface area contributed by atoms with Gasteiger partial charge in [-0.3, -0.25) is 14.6 Å². The summed E-state index contributed by atoms with van der Waals surface area (Å²) >= 11 is 0. The SMILES string of the molecule is CC1CN(Cc2ccc(C(=O)N3CCC(N4CCCC4)C3)cc2)CC(C)O1. The number of amides is 1. The Morgan fingerprint density at radius 2 is 1.67 bits per heavy atom. The fraction of sp³-hybridized carbons (Fsp3) is 0.682. The number of rotatable bonds is 4. The molecule has 1 amide bonds. The number of carbonyl (C=O) groups is 1. The van der Waals surface area contributed by atoms with Crippen LogP contribution in [0.25, 0.3) is 0 Å². The number of benzene rings is 1. The first-order valence-electron chi connectivity index (χ1n) is 10.6. The second-order valence-electron chi connectivity index (χ2n) is 8.59. The van der Waals surface area contributed by atoms with E-state index >= 15 is 0 Å². The summed E-state index contributed by atoms with van der Waals surface area (Å²) < 4.78 is 5.81. The lowest BCUT2D eigenvalue weighted by atomic mass is 10.1. The molecule has 3 atom stereocenters. The van der Waals surface area contributed by atoms with Crippen LogP contribution in [0.3, 0.4) is 0 Å². The number of nitrogens with zero attached hydrogens (tertiary/aromatic N) is 3. The highest BCUT2D eigenvalue weighted by atomic mass is 16.5. The van der Waals surface area contributed by atoms with Gasteiger partial charge in [-0.2, -0.15) is 0 Å². The zero-order chi connectivity index (χ0) is 18.8. The normalized spacial score (nSPS) is 30.1. The predicted molar refractivity (Wildman–Crippen MR) is 107 cm³/mol. The summed E-state index contributed by atoms with van der Waals surface area (Å²) in [6.07, 6.45) is 4.32. The molecule has 0 aliphatic carbocycles. The lowest BCUT2D eigenvalue weighted by Gasteiger charge is -2.35. The van der Waals surface area contributed by atoms with Crippen LogP contribution in [-0.2, 0) is 11.3 Å². The van der Waals surface area contributed by atoms with Crippen molar-refractivity contribution in [3.63, 3.8) is 0 Å². The molecule has 5 nitrogen and oxygen atoms in total. The van der Waals surface area contributed by atoms with E-state index in [2.05, 4.69) is 35.8 Å². The van der Waals surface area contributed by atoms with Crippen molar-refractivity contribution >= 4 is 5.91 Å². The monoisotopic (exact) mass is 371 g/mol. The van der Waals surface area contributed by atoms with Crippen LogP contribution in [-0.4, -0.2) is 78.1 Å². The molecule has 1 aromatic carbocycles. The highest BCUT2D eigenvalue weighted by Gasteiger charge is 2.32. The standard InChI is InChI=1S/C22H33N3O2/c1-17-13-23(14-18(2)27-17)15-19-5-7-20(8-6-19)22(26)25-12-9-21(16-25)24-10-3-4-11-24/h5-8,17-18,21H,3-4,9-16H2,1-2H3. The minimum Gasteiger partial charge on any atom is -0.373 e. The average Bonchev–Trinajstić information content (AvgIpc) is 3.32. The molecule has 3 heterocycles. The molecule has 0 saturated carbocycles. The fourth-order valence-corrected chi connectivity index (χ4v) is 4.94. The van der Waals surface area contributed by atoms with Crippen molar-refractivity contribution < 1.29 is 9.53 Å². The Morgan fingerprint density at radius 3 is 2.33 bits per heavy atom. The third-order valence-electron chi connectivity index (χ3n) is 6.21. The Labute approximate surface area is 163 Å². The summed E-state index contributed by atoms with van der Waals surface area (Å²) in [5.74, 6) is 0.192. The summed E-state index contributed by atoms with van der Waals surface area (Å²) in [5.41, 5.74) is 2.09. The second kappa shape index (κ2) is 8.29. The molecule has 148 valence electrons. The van der Waals surface area contributed by atoms with Crippen LogP contribution < -0.4 is 0 Å². The van der Waals surface area contributed by atoms with Crippen molar-refractivity contribution in [2.24, 2.45) is 0 Å². The van der Waals surface area contributed by atoms with Gasteiger partial charge in [0.2, 0.25) is 0 Å². The van der Waals surface area contributed by atoms with Crippen molar-refractivity contribution in [3.05, 3.63) is 35.4 Å². The molecular formula is C22H33N3O2. The quantitative estimate of drug-likeness (QED) is 0.815. The Kier molecular flexibility index (Phi) is 5.81. The third-order valence-corrected chi connectivity index (χ3v) is 6.21. The number of likely N-dealkylation sites (tertiary alicyclic amines) is 2. The van der Waals surface area contributed by atoms with E-state index in [9.17, 15) is 4.79 Å². The topological polar surface area (TPSA) is 36.0 Å². The average molecular weight is 372 g/mol. The molecule has 5 heteroatoms. The van der Waals surface area contributed by atoms with Crippen molar-refractivity contribution in [1.82, 2.24) is 14.7 Å². The second-order valence-corrected chi connectivity index (χ2v) is 8.59. The molecule has 3 aliphatic heterocycles. The van der Waals surface area contributed by atoms with Gasteiger partial charge in [0.25, 0.3) is 5.91 Å². The highest BCUT2D eigenvalue weighted by Crippen LogP contribution is 2.22. The number of ether oxygens (including phenoxy) is 1. The zero-order valence-corrected chi connectivity index (χ0v) is 16.8. The van der Waals surface area contributed by atoms with Crippen molar-refractivity contribution in [2.75, 3.05) is 39.3 Å². The van der Waals surface area contributed by atoms with E-state index in [1.54, 1.807) is 0 Å². The lowest BCUT2D eigenvalue weighted by Crippen LogP contribution is -2.44. The number of hydrogen-bond acceptors (Lipinski definition) is 4. The van der Waals surface area contributed by atoms with Crippen molar-refractivity contribution in [1.29, 1.82) is 0 Å². The Balaban J connectivity index is 1.32. The van der Waals surface area contributed by atoms with Gasteiger partial charge in [0, 0.05) is 44.3 Å². The molecular weight excluding hydrogens is 338 g/mol. The minimum absolute atomic E-state index is 0.192. The summed E-state index contributed by atoms with van der Waals surface area (Å²) in [4.78, 5) is 19.9. The van der Waals surface area contributed by atoms with Crippen LogP contribution in [0.15, 0.2) is 24.3 Å². The van der Waals surface area contributed by atoms with E-state index < -0.39 is 0 Å². The summed E-state index contributed by atoms with van der Waals surface area (Å²) in [6.45, 7) is 11.3. The highest BCUT2D eigenvalue weighted by molar-refractivity contribution is 5.94. The first kappa shape index (κ1) is 18.9. The molecule has 3 unspecified atom stereocenters. The van der Waals surface area contributed by atoms with E-state index in [1.807, 2.05) is 17.0 Å². The van der Waals surface area contributed by atoms with E-state index in [-0.39, 0.29) is 18.1 Å². The van der Waals surface area contributed by atoms with Gasteiger partial charge in [-0.25, -0.2) is 0 Å². The molecule has 3 fully saturated rings. The maximum atomic E-state index is 12.9. The van der Waals surface area contributed by atoms with Crippen LogP contribution in [0, 0.1) is 0 Å². The van der Waals surface area contributed by atoms with E-state index in [1.165, 1.54) is 31.5 Å². The van der Waals surface area contributed by atoms with Crippen LogP contribution in [0.4, 0.5) is 0 Å². The third kappa shape index (κ3) is 4.53. The molecule has 3 aliphatic rings. The molecule has 27 heavy (non-hydrogen) atoms. The summed E-state index contributed by atoms with van der Waals surface area (Å²) in [6, 6.07) is 8.82. The largest absolute Gasteiger partial charge is 0.373 e. The Bertz CT molecular complexity index is 631. The maximum Gasteiger partial charge on any atom is 0.253 e. The summed E-state index contributed by atoms with van der Waals surface area (Å²) in [5, 5.41) is 0. The number of morpholine rings is 1. The van der Waals surface area contributed by atoms with Crippen molar-refractivity contribution in [2.45, 2.75) is 57.9 Å². The van der Waals surface area contributed by atoms with E-state index in [4.69, 9.17) is 4.74 Å². The smallest absolute Gasteiger partial charge is 0.253 e. The molecule has 0 radical (unpaired) electrons. The zero-order valence-electron chi connectivity index (χ0n) is 16.8. The van der Waals surface area contributed by atoms with Gasteiger partial charge in [0.05, 0.1) is 12.2 Å². The molecule has 3 saturated heterocycles. The maximum absolute atomic E-state index is 12.9. The number of hydrogen-bond donors (Lipinski definition) is 0. The van der Waals surface area contributed by atoms with Gasteiger partial charge in [-0.1, -0.05) is 12.1 Å². The lowest BCUT2D eigenvalue weighted by molar-refractivity contribution is -0.0704. The molecule has 0 N–H and O–H groups in total. The van der Waals surface area contributed by atoms with Gasteiger partial charge in [0.15, 0.2) is 0 Å². The molecule has 4 rings (SSSR count). The van der Waals surface area contributed by atoms with Crippen LogP contribution >= 0.6 is 0 Å². The van der Waals surface area contributed by atoms with E-state index in [0.717, 1.165) is 44.7 Å². The van der Waals surface area contributed by atoms with Gasteiger partial charge in [-0.15, -0.1) is 0 Å². The van der Waals surface area contributed by atoms with Gasteiger partial charge >= 0.3 is 0 Å². The van der Waals surface area contributed by atoms with E-state index in [0.29, 0.717) is 6.04 Å². The summed E-state index contributed by atoms with van der Waals surface area (Å²) in [7, 11) is 0. The van der Waals surface area contributed by atoms with Crippen LogP contribution in [0.5, 0.6) is 0 Å². The minimum atomic E-state index is 0.192. The fourth-order valence-electron chi connectivity index (χ4n) is 4.94. The first-order valence-corrected chi connectivity index (χ1v) is 10.6. The van der Waals surface area contributed by atoms with Crippen molar-refractivity contribution in [3.8, 4) is 0 Å². The molecule has 0 bridgehead atoms. The molecule has 0 spiro atoms.